The van der Waals surface area contributed by atoms with Gasteiger partial charge in [0.25, 0.3) is 0 Å². The maximum Gasteiger partial charge on any atom is 0.341 e. The van der Waals surface area contributed by atoms with E-state index in [0.717, 1.165) is 12.4 Å². The Morgan fingerprint density at radius 3 is 1.86 bits per heavy atom. The number of carboxylic acids is 2. The second-order valence-corrected chi connectivity index (χ2v) is 9.67. The predicted molar refractivity (Wildman–Crippen MR) is 137 cm³/mol. The van der Waals surface area contributed by atoms with Crippen LogP contribution in [0.5, 0.6) is 11.5 Å². The van der Waals surface area contributed by atoms with E-state index in [4.69, 9.17) is 19.7 Å². The number of carboxylic acid groups (broad SMARTS) is 2. The molecule has 224 valence electrons. The molecule has 4 aromatic rings. The summed E-state index contributed by atoms with van der Waals surface area (Å²) in [4.78, 5) is 56.4. The number of halogens is 4. The summed E-state index contributed by atoms with van der Waals surface area (Å²) in [6, 6.07) is -0.123. The summed E-state index contributed by atoms with van der Waals surface area (Å²) in [6.07, 6.45) is 2.09. The predicted octanol–water partition coefficient (Wildman–Crippen LogP) is 3.77. The van der Waals surface area contributed by atoms with Crippen LogP contribution in [-0.2, 0) is 0 Å². The second-order valence-electron chi connectivity index (χ2n) is 9.67. The van der Waals surface area contributed by atoms with Crippen LogP contribution >= 0.6 is 0 Å². The van der Waals surface area contributed by atoms with Gasteiger partial charge in [0.05, 0.1) is 27.9 Å². The molecule has 2 N–H and O–H groups in total. The highest BCUT2D eigenvalue weighted by Crippen LogP contribution is 2.41. The lowest BCUT2D eigenvalue weighted by molar-refractivity contribution is -0.386. The summed E-state index contributed by atoms with van der Waals surface area (Å²) < 4.78 is 68.1. The minimum Gasteiger partial charge on any atom is -0.486 e. The molecule has 0 aliphatic carbocycles. The lowest BCUT2D eigenvalue weighted by atomic mass is 10.1. The summed E-state index contributed by atoms with van der Waals surface area (Å²) in [5.41, 5.74) is -5.03. The molecule has 0 fully saturated rings. The van der Waals surface area contributed by atoms with Gasteiger partial charge in [0.2, 0.25) is 28.3 Å². The van der Waals surface area contributed by atoms with Crippen molar-refractivity contribution in [2.24, 2.45) is 0 Å². The number of ether oxygens (including phenoxy) is 2. The Hall–Kier alpha value is -5.48. The van der Waals surface area contributed by atoms with Gasteiger partial charge >= 0.3 is 17.6 Å². The molecule has 17 heteroatoms. The molecule has 2 aromatic heterocycles. The fraction of sp³-hybridized carbons (Fsp3) is 0.231. The van der Waals surface area contributed by atoms with Crippen molar-refractivity contribution >= 4 is 39.4 Å². The fourth-order valence-corrected chi connectivity index (χ4v) is 4.93. The summed E-state index contributed by atoms with van der Waals surface area (Å²) in [6.45, 7) is 3.24. The van der Waals surface area contributed by atoms with Gasteiger partial charge in [-0.2, -0.15) is 13.2 Å². The van der Waals surface area contributed by atoms with Gasteiger partial charge in [0.1, 0.15) is 35.2 Å². The molecule has 2 aliphatic heterocycles. The van der Waals surface area contributed by atoms with Crippen molar-refractivity contribution < 1.29 is 51.8 Å². The van der Waals surface area contributed by atoms with Gasteiger partial charge in [0, 0.05) is 12.4 Å². The molecule has 0 unspecified atom stereocenters. The molecule has 0 bridgehead atoms. The topological polar surface area (TPSA) is 180 Å². The Labute approximate surface area is 234 Å². The van der Waals surface area contributed by atoms with Crippen molar-refractivity contribution in [1.82, 2.24) is 9.13 Å². The number of aromatic carboxylic acids is 2. The molecule has 6 rings (SSSR count). The number of hydrogen-bond donors (Lipinski definition) is 2. The van der Waals surface area contributed by atoms with Crippen molar-refractivity contribution in [2.45, 2.75) is 25.9 Å². The van der Waals surface area contributed by atoms with E-state index < -0.39 is 85.0 Å². The van der Waals surface area contributed by atoms with E-state index in [1.807, 2.05) is 0 Å². The number of nitro groups is 1. The number of rotatable bonds is 3. The van der Waals surface area contributed by atoms with Crippen molar-refractivity contribution in [2.75, 3.05) is 13.2 Å². The molecule has 2 aromatic carbocycles. The van der Waals surface area contributed by atoms with Crippen molar-refractivity contribution in [3.8, 4) is 11.5 Å². The molecule has 0 spiro atoms. The van der Waals surface area contributed by atoms with Gasteiger partial charge in [-0.1, -0.05) is 0 Å². The number of carbonyl (C=O) groups is 2. The summed E-state index contributed by atoms with van der Waals surface area (Å²) >= 11 is 0. The zero-order valence-corrected chi connectivity index (χ0v) is 21.8. The lowest BCUT2D eigenvalue weighted by Crippen LogP contribution is -2.28. The van der Waals surface area contributed by atoms with Crippen molar-refractivity contribution in [3.63, 3.8) is 0 Å². The number of nitro benzene ring substituents is 1. The molecule has 0 saturated carbocycles. The maximum atomic E-state index is 14.0. The fourth-order valence-electron chi connectivity index (χ4n) is 4.93. The number of aromatic nitrogens is 2. The van der Waals surface area contributed by atoms with Crippen LogP contribution in [-0.4, -0.2) is 49.4 Å². The monoisotopic (exact) mass is 607 g/mol. The van der Waals surface area contributed by atoms with Gasteiger partial charge in [-0.3, -0.25) is 19.7 Å². The average Bonchev–Trinajstić information content (AvgIpc) is 2.94. The van der Waals surface area contributed by atoms with Crippen LogP contribution < -0.4 is 20.3 Å². The third-order valence-corrected chi connectivity index (χ3v) is 6.98. The number of hydrogen-bond acceptors (Lipinski definition) is 8. The van der Waals surface area contributed by atoms with Crippen LogP contribution in [0.3, 0.4) is 0 Å². The van der Waals surface area contributed by atoms with Crippen molar-refractivity contribution in [1.29, 1.82) is 0 Å². The van der Waals surface area contributed by atoms with Crippen LogP contribution in [0.25, 0.3) is 21.8 Å². The second kappa shape index (κ2) is 10.1. The highest BCUT2D eigenvalue weighted by Gasteiger charge is 2.36. The largest absolute Gasteiger partial charge is 0.486 e. The minimum absolute atomic E-state index is 0.0599. The van der Waals surface area contributed by atoms with Crippen LogP contribution in [0.4, 0.5) is 23.2 Å². The van der Waals surface area contributed by atoms with Crippen LogP contribution in [0.15, 0.2) is 28.0 Å². The number of benzene rings is 2. The molecule has 43 heavy (non-hydrogen) atoms. The third kappa shape index (κ3) is 4.31. The maximum absolute atomic E-state index is 14.0. The first-order valence-electron chi connectivity index (χ1n) is 12.2. The zero-order chi connectivity index (χ0) is 31.7. The molecule has 2 aliphatic rings. The molecule has 0 radical (unpaired) electrons. The quantitative estimate of drug-likeness (QED) is 0.198. The Kier molecular flexibility index (Phi) is 6.82. The molecule has 0 saturated heterocycles. The average molecular weight is 607 g/mol. The Morgan fingerprint density at radius 1 is 0.860 bits per heavy atom. The SMILES string of the molecule is C[C@H]1COc2c(F)c(F)c([N+](=O)[O-])c3c(=O)c(C(=O)O)cn1c23.C[C@H]1COc2c(F)c(F)cc3c(=O)c(C(=O)O)cn1c23. The van der Waals surface area contributed by atoms with E-state index in [2.05, 4.69) is 0 Å². The molecule has 13 nitrogen and oxygen atoms in total. The molecule has 2 atom stereocenters. The highest BCUT2D eigenvalue weighted by atomic mass is 19.2. The first-order valence-corrected chi connectivity index (χ1v) is 12.2. The van der Waals surface area contributed by atoms with Gasteiger partial charge in [-0.05, 0) is 19.9 Å². The van der Waals surface area contributed by atoms with Gasteiger partial charge < -0.3 is 28.8 Å². The zero-order valence-electron chi connectivity index (χ0n) is 21.8. The van der Waals surface area contributed by atoms with Gasteiger partial charge in [0.15, 0.2) is 17.3 Å². The summed E-state index contributed by atoms with van der Waals surface area (Å²) in [5.74, 6) is -9.91. The van der Waals surface area contributed by atoms with E-state index >= 15 is 0 Å². The summed E-state index contributed by atoms with van der Waals surface area (Å²) in [5, 5.41) is 28.2. The van der Waals surface area contributed by atoms with Crippen molar-refractivity contribution in [3.05, 3.63) is 83.4 Å². The van der Waals surface area contributed by atoms with Gasteiger partial charge in [-0.15, -0.1) is 0 Å². The van der Waals surface area contributed by atoms with Crippen LogP contribution in [0.2, 0.25) is 0 Å². The van der Waals surface area contributed by atoms with Gasteiger partial charge in [-0.25, -0.2) is 14.0 Å². The molecular formula is C26H17F4N3O10. The molecule has 0 amide bonds. The molecule has 4 heterocycles. The normalized spacial score (nSPS) is 16.6. The Balaban J connectivity index is 0.000000173. The molecular weight excluding hydrogens is 590 g/mol. The first-order chi connectivity index (χ1) is 20.2. The van der Waals surface area contributed by atoms with E-state index in [1.54, 1.807) is 13.8 Å². The summed E-state index contributed by atoms with van der Waals surface area (Å²) in [7, 11) is 0. The minimum atomic E-state index is -1.86. The smallest absolute Gasteiger partial charge is 0.341 e. The van der Waals surface area contributed by atoms with E-state index in [1.165, 1.54) is 9.13 Å². The number of nitrogens with zero attached hydrogens (tertiary/aromatic N) is 3. The van der Waals surface area contributed by atoms with E-state index in [9.17, 15) is 46.9 Å². The third-order valence-electron chi connectivity index (χ3n) is 6.98. The Bertz CT molecular complexity index is 2060. The first kappa shape index (κ1) is 29.0. The Morgan fingerprint density at radius 2 is 1.35 bits per heavy atom. The van der Waals surface area contributed by atoms with Crippen LogP contribution in [0, 0.1) is 33.4 Å². The standard InChI is InChI=1S/C13H8F2N2O6.C13H9F2NO4/c1-4-3-23-12-8(15)7(14)9(17(21)22)6-10(12)16(4)2-5(11(6)18)13(19)20;1-5-4-20-12-9(15)8(14)2-6-10(12)16(5)3-7(11(6)17)13(18)19/h2,4H,3H2,1H3,(H,19,20);2-3,5H,4H2,1H3,(H,18,19)/t4-;5-/m00/s1. The van der Waals surface area contributed by atoms with E-state index in [0.29, 0.717) is 6.07 Å². The van der Waals surface area contributed by atoms with E-state index in [-0.39, 0.29) is 41.4 Å². The lowest BCUT2D eigenvalue weighted by Gasteiger charge is -2.27. The highest BCUT2D eigenvalue weighted by molar-refractivity contribution is 5.99. The number of pyridine rings is 2. The van der Waals surface area contributed by atoms with Crippen LogP contribution in [0.1, 0.15) is 46.6 Å².